The fourth-order valence-electron chi connectivity index (χ4n) is 3.43. The van der Waals surface area contributed by atoms with Crippen LogP contribution in [-0.4, -0.2) is 36.6 Å². The predicted octanol–water partition coefficient (Wildman–Crippen LogP) is 3.98. The maximum atomic E-state index is 6.06. The van der Waals surface area contributed by atoms with Crippen LogP contribution in [0.1, 0.15) is 39.2 Å². The number of hydrogen-bond donors (Lipinski definition) is 1. The summed E-state index contributed by atoms with van der Waals surface area (Å²) < 4.78 is 0. The normalized spacial score (nSPS) is 20.4. The molecule has 1 aliphatic heterocycles. The highest BCUT2D eigenvalue weighted by atomic mass is 35.5. The first-order valence-electron chi connectivity index (χ1n) is 8.31. The van der Waals surface area contributed by atoms with Gasteiger partial charge in [0.25, 0.3) is 0 Å². The molecule has 0 spiro atoms. The molecule has 2 unspecified atom stereocenters. The maximum Gasteiger partial charge on any atom is 0.0408 e. The molecule has 0 amide bonds. The van der Waals surface area contributed by atoms with Gasteiger partial charge in [-0.3, -0.25) is 0 Å². The quantitative estimate of drug-likeness (QED) is 0.855. The number of nitrogens with zero attached hydrogens (tertiary/aromatic N) is 1. The van der Waals surface area contributed by atoms with E-state index in [1.54, 1.807) is 0 Å². The number of likely N-dealkylation sites (tertiary alicyclic amines) is 1. The van der Waals surface area contributed by atoms with Crippen molar-refractivity contribution in [2.24, 2.45) is 5.92 Å². The molecule has 0 aromatic heterocycles. The monoisotopic (exact) mass is 308 g/mol. The van der Waals surface area contributed by atoms with Crippen LogP contribution in [0.2, 0.25) is 5.02 Å². The molecular formula is C18H29ClN2. The van der Waals surface area contributed by atoms with Gasteiger partial charge in [-0.2, -0.15) is 0 Å². The number of halogens is 1. The third kappa shape index (κ3) is 5.28. The van der Waals surface area contributed by atoms with Crippen LogP contribution in [0.25, 0.3) is 0 Å². The van der Waals surface area contributed by atoms with Crippen LogP contribution in [-0.2, 0) is 6.42 Å². The number of piperidine rings is 1. The first-order valence-corrected chi connectivity index (χ1v) is 8.69. The van der Waals surface area contributed by atoms with Gasteiger partial charge in [-0.15, -0.1) is 0 Å². The SMILES string of the molecule is CCN1CCC(C(C)NC(C)Cc2cccc(Cl)c2)CC1. The van der Waals surface area contributed by atoms with Crippen molar-refractivity contribution in [1.82, 2.24) is 10.2 Å². The number of nitrogens with one attached hydrogen (secondary N) is 1. The third-order valence-electron chi connectivity index (χ3n) is 4.76. The molecule has 21 heavy (non-hydrogen) atoms. The molecule has 2 nitrogen and oxygen atoms in total. The van der Waals surface area contributed by atoms with Crippen molar-refractivity contribution >= 4 is 11.6 Å². The summed E-state index contributed by atoms with van der Waals surface area (Å²) in [6, 6.07) is 9.29. The van der Waals surface area contributed by atoms with E-state index >= 15 is 0 Å². The number of benzene rings is 1. The summed E-state index contributed by atoms with van der Waals surface area (Å²) in [6.45, 7) is 10.6. The van der Waals surface area contributed by atoms with E-state index in [1.807, 2.05) is 12.1 Å². The summed E-state index contributed by atoms with van der Waals surface area (Å²) in [5.74, 6) is 0.814. The standard InChI is InChI=1S/C18H29ClN2/c1-4-21-10-8-17(9-11-21)15(3)20-14(2)12-16-6-5-7-18(19)13-16/h5-7,13-15,17,20H,4,8-12H2,1-3H3. The van der Waals surface area contributed by atoms with E-state index in [9.17, 15) is 0 Å². The summed E-state index contributed by atoms with van der Waals surface area (Å²) in [6.07, 6.45) is 3.69. The highest BCUT2D eigenvalue weighted by Gasteiger charge is 2.23. The molecule has 0 aliphatic carbocycles. The van der Waals surface area contributed by atoms with Crippen LogP contribution in [0.3, 0.4) is 0 Å². The number of hydrogen-bond acceptors (Lipinski definition) is 2. The zero-order chi connectivity index (χ0) is 15.2. The van der Waals surface area contributed by atoms with Crippen LogP contribution in [0.5, 0.6) is 0 Å². The van der Waals surface area contributed by atoms with E-state index in [1.165, 1.54) is 38.0 Å². The highest BCUT2D eigenvalue weighted by Crippen LogP contribution is 2.21. The molecular weight excluding hydrogens is 280 g/mol. The molecule has 0 bridgehead atoms. The Hall–Kier alpha value is -0.570. The second kappa shape index (κ2) is 8.17. The molecule has 118 valence electrons. The smallest absolute Gasteiger partial charge is 0.0408 e. The van der Waals surface area contributed by atoms with Crippen molar-refractivity contribution in [3.05, 3.63) is 34.9 Å². The highest BCUT2D eigenvalue weighted by molar-refractivity contribution is 6.30. The van der Waals surface area contributed by atoms with E-state index in [0.29, 0.717) is 12.1 Å². The second-order valence-electron chi connectivity index (χ2n) is 6.46. The van der Waals surface area contributed by atoms with Gasteiger partial charge in [-0.05, 0) is 76.4 Å². The lowest BCUT2D eigenvalue weighted by atomic mass is 9.89. The van der Waals surface area contributed by atoms with Crippen LogP contribution >= 0.6 is 11.6 Å². The Bertz CT molecular complexity index is 427. The van der Waals surface area contributed by atoms with Gasteiger partial charge < -0.3 is 10.2 Å². The minimum atomic E-state index is 0.489. The Morgan fingerprint density at radius 3 is 2.62 bits per heavy atom. The van der Waals surface area contributed by atoms with Gasteiger partial charge in [-0.25, -0.2) is 0 Å². The van der Waals surface area contributed by atoms with E-state index < -0.39 is 0 Å². The molecule has 2 atom stereocenters. The van der Waals surface area contributed by atoms with Crippen LogP contribution in [0.15, 0.2) is 24.3 Å². The van der Waals surface area contributed by atoms with Gasteiger partial charge in [0.1, 0.15) is 0 Å². The Balaban J connectivity index is 1.78. The van der Waals surface area contributed by atoms with Crippen molar-refractivity contribution in [2.45, 2.75) is 52.1 Å². The molecule has 1 aromatic rings. The third-order valence-corrected chi connectivity index (χ3v) is 5.00. The maximum absolute atomic E-state index is 6.06. The Kier molecular flexibility index (Phi) is 6.53. The minimum Gasteiger partial charge on any atom is -0.311 e. The van der Waals surface area contributed by atoms with Gasteiger partial charge in [0.15, 0.2) is 0 Å². The molecule has 1 fully saturated rings. The Morgan fingerprint density at radius 1 is 1.29 bits per heavy atom. The molecule has 3 heteroatoms. The lowest BCUT2D eigenvalue weighted by Gasteiger charge is -2.35. The molecule has 1 saturated heterocycles. The first-order chi connectivity index (χ1) is 10.1. The first kappa shape index (κ1) is 16.8. The molecule has 1 N–H and O–H groups in total. The zero-order valence-corrected chi connectivity index (χ0v) is 14.4. The Morgan fingerprint density at radius 2 is 2.00 bits per heavy atom. The molecule has 1 aromatic carbocycles. The second-order valence-corrected chi connectivity index (χ2v) is 6.90. The van der Waals surface area contributed by atoms with Crippen LogP contribution in [0, 0.1) is 5.92 Å². The topological polar surface area (TPSA) is 15.3 Å². The fourth-order valence-corrected chi connectivity index (χ4v) is 3.64. The minimum absolute atomic E-state index is 0.489. The van der Waals surface area contributed by atoms with Crippen molar-refractivity contribution in [3.63, 3.8) is 0 Å². The van der Waals surface area contributed by atoms with Crippen molar-refractivity contribution in [3.8, 4) is 0 Å². The van der Waals surface area contributed by atoms with Gasteiger partial charge in [0.2, 0.25) is 0 Å². The average molecular weight is 309 g/mol. The van der Waals surface area contributed by atoms with E-state index in [2.05, 4.69) is 43.1 Å². The summed E-state index contributed by atoms with van der Waals surface area (Å²) in [4.78, 5) is 2.55. The van der Waals surface area contributed by atoms with Crippen LogP contribution < -0.4 is 5.32 Å². The van der Waals surface area contributed by atoms with Gasteiger partial charge in [0, 0.05) is 17.1 Å². The largest absolute Gasteiger partial charge is 0.311 e. The van der Waals surface area contributed by atoms with Crippen LogP contribution in [0.4, 0.5) is 0 Å². The van der Waals surface area contributed by atoms with Crippen molar-refractivity contribution in [1.29, 1.82) is 0 Å². The predicted molar refractivity (Wildman–Crippen MR) is 92.1 cm³/mol. The van der Waals surface area contributed by atoms with Crippen molar-refractivity contribution < 1.29 is 0 Å². The van der Waals surface area contributed by atoms with Gasteiger partial charge in [0.05, 0.1) is 0 Å². The fraction of sp³-hybridized carbons (Fsp3) is 0.667. The average Bonchev–Trinajstić information content (AvgIpc) is 2.47. The molecule has 1 aliphatic rings. The Labute approximate surface area is 134 Å². The summed E-state index contributed by atoms with van der Waals surface area (Å²) in [5.41, 5.74) is 1.32. The lowest BCUT2D eigenvalue weighted by molar-refractivity contribution is 0.165. The van der Waals surface area contributed by atoms with Crippen molar-refractivity contribution in [2.75, 3.05) is 19.6 Å². The molecule has 0 saturated carbocycles. The molecule has 2 rings (SSSR count). The zero-order valence-electron chi connectivity index (χ0n) is 13.6. The number of rotatable bonds is 6. The van der Waals surface area contributed by atoms with E-state index in [0.717, 1.165) is 17.4 Å². The van der Waals surface area contributed by atoms with E-state index in [4.69, 9.17) is 11.6 Å². The van der Waals surface area contributed by atoms with E-state index in [-0.39, 0.29) is 0 Å². The van der Waals surface area contributed by atoms with Gasteiger partial charge in [-0.1, -0.05) is 30.7 Å². The molecule has 1 heterocycles. The lowest BCUT2D eigenvalue weighted by Crippen LogP contribution is -2.45. The molecule has 0 radical (unpaired) electrons. The van der Waals surface area contributed by atoms with Gasteiger partial charge >= 0.3 is 0 Å². The summed E-state index contributed by atoms with van der Waals surface area (Å²) >= 11 is 6.06. The summed E-state index contributed by atoms with van der Waals surface area (Å²) in [5, 5.41) is 4.62. The summed E-state index contributed by atoms with van der Waals surface area (Å²) in [7, 11) is 0.